The molecule has 0 radical (unpaired) electrons. The van der Waals surface area contributed by atoms with Gasteiger partial charge in [-0.1, -0.05) is 12.6 Å². The van der Waals surface area contributed by atoms with Crippen LogP contribution in [0.1, 0.15) is 17.2 Å². The number of aromatic nitrogens is 4. The van der Waals surface area contributed by atoms with Crippen LogP contribution in [0, 0.1) is 6.92 Å². The normalized spacial score (nSPS) is 20.9. The van der Waals surface area contributed by atoms with Crippen molar-refractivity contribution in [3.63, 3.8) is 0 Å². The molecule has 10 nitrogen and oxygen atoms in total. The number of H-pyrrole nitrogens is 1. The van der Waals surface area contributed by atoms with E-state index < -0.39 is 17.9 Å². The van der Waals surface area contributed by atoms with Crippen molar-refractivity contribution in [1.29, 1.82) is 0 Å². The largest absolute Gasteiger partial charge is 0.484 e. The molecular formula is C29H31ClFN7O3. The van der Waals surface area contributed by atoms with Gasteiger partial charge in [0.25, 0.3) is 0 Å². The van der Waals surface area contributed by atoms with Crippen molar-refractivity contribution < 1.29 is 18.7 Å². The van der Waals surface area contributed by atoms with Crippen LogP contribution in [-0.2, 0) is 9.53 Å². The van der Waals surface area contributed by atoms with Gasteiger partial charge in [-0.2, -0.15) is 5.10 Å². The van der Waals surface area contributed by atoms with Gasteiger partial charge in [0.1, 0.15) is 29.5 Å². The molecule has 0 bridgehead atoms. The Labute approximate surface area is 241 Å². The van der Waals surface area contributed by atoms with Crippen LogP contribution in [-0.4, -0.2) is 93.6 Å². The average Bonchev–Trinajstić information content (AvgIpc) is 3.47. The second-order valence-corrected chi connectivity index (χ2v) is 10.7. The molecule has 2 aliphatic heterocycles. The van der Waals surface area contributed by atoms with Crippen LogP contribution in [0.25, 0.3) is 21.8 Å². The van der Waals surface area contributed by atoms with Crippen molar-refractivity contribution in [2.75, 3.05) is 50.8 Å². The first kappa shape index (κ1) is 27.4. The highest BCUT2D eigenvalue weighted by Gasteiger charge is 2.34. The molecule has 6 rings (SSSR count). The Hall–Kier alpha value is -3.80. The summed E-state index contributed by atoms with van der Waals surface area (Å²) in [6.07, 6.45) is 2.74. The number of nitrogens with one attached hydrogen (secondary N) is 1. The lowest BCUT2D eigenvalue weighted by Crippen LogP contribution is -2.49. The van der Waals surface area contributed by atoms with Gasteiger partial charge in [0.05, 0.1) is 30.4 Å². The van der Waals surface area contributed by atoms with E-state index in [0.717, 1.165) is 38.8 Å². The number of carbonyl (C=O) groups excluding carboxylic acids is 1. The number of piperazine rings is 1. The summed E-state index contributed by atoms with van der Waals surface area (Å²) in [4.78, 5) is 26.6. The molecule has 12 heteroatoms. The fourth-order valence-corrected chi connectivity index (χ4v) is 5.88. The van der Waals surface area contributed by atoms with Crippen LogP contribution in [0.3, 0.4) is 0 Å². The number of hydrogen-bond acceptors (Lipinski definition) is 8. The van der Waals surface area contributed by atoms with Crippen molar-refractivity contribution >= 4 is 45.1 Å². The molecule has 0 saturated carbocycles. The number of morpholine rings is 1. The third-order valence-electron chi connectivity index (χ3n) is 7.74. The zero-order valence-electron chi connectivity index (χ0n) is 22.7. The molecule has 4 aromatic rings. The van der Waals surface area contributed by atoms with Crippen molar-refractivity contribution in [3.05, 3.63) is 66.6 Å². The molecule has 214 valence electrons. The highest BCUT2D eigenvalue weighted by atomic mass is 35.5. The van der Waals surface area contributed by atoms with Crippen molar-refractivity contribution in [3.8, 4) is 5.75 Å². The zero-order chi connectivity index (χ0) is 28.5. The minimum Gasteiger partial charge on any atom is -0.484 e. The van der Waals surface area contributed by atoms with Crippen molar-refractivity contribution in [2.45, 2.75) is 24.8 Å². The second kappa shape index (κ2) is 11.6. The summed E-state index contributed by atoms with van der Waals surface area (Å²) in [6.45, 7) is 8.49. The number of anilines is 1. The summed E-state index contributed by atoms with van der Waals surface area (Å²) in [7, 11) is 0. The number of amides is 1. The topological polar surface area (TPSA) is 99.7 Å². The van der Waals surface area contributed by atoms with Crippen LogP contribution in [0.15, 0.2) is 55.5 Å². The van der Waals surface area contributed by atoms with Crippen LogP contribution >= 0.6 is 11.6 Å². The number of aromatic amines is 1. The maximum Gasteiger partial charge on any atom is 0.246 e. The first-order chi connectivity index (χ1) is 19.9. The van der Waals surface area contributed by atoms with Gasteiger partial charge >= 0.3 is 0 Å². The molecule has 0 aliphatic carbocycles. The van der Waals surface area contributed by atoms with Gasteiger partial charge in [-0.15, -0.1) is 11.6 Å². The Balaban J connectivity index is 1.31. The van der Waals surface area contributed by atoms with Gasteiger partial charge in [0.15, 0.2) is 6.30 Å². The lowest BCUT2D eigenvalue weighted by atomic mass is 9.98. The smallest absolute Gasteiger partial charge is 0.246 e. The summed E-state index contributed by atoms with van der Waals surface area (Å²) in [5.41, 5.74) is 2.88. The Morgan fingerprint density at radius 2 is 2.05 bits per heavy atom. The molecule has 1 amide bonds. The van der Waals surface area contributed by atoms with Crippen LogP contribution < -0.4 is 9.64 Å². The van der Waals surface area contributed by atoms with E-state index in [0.29, 0.717) is 31.9 Å². The molecule has 2 fully saturated rings. The Morgan fingerprint density at radius 3 is 2.83 bits per heavy atom. The molecule has 2 aromatic carbocycles. The van der Waals surface area contributed by atoms with E-state index in [4.69, 9.17) is 21.1 Å². The number of ether oxygens (including phenoxy) is 2. The predicted octanol–water partition coefficient (Wildman–Crippen LogP) is 3.96. The van der Waals surface area contributed by atoms with Crippen molar-refractivity contribution in [1.82, 2.24) is 30.0 Å². The monoisotopic (exact) mass is 579 g/mol. The summed E-state index contributed by atoms with van der Waals surface area (Å²) in [6, 6.07) is 9.67. The number of rotatable bonds is 7. The van der Waals surface area contributed by atoms with Crippen LogP contribution in [0.4, 0.5) is 10.2 Å². The number of aryl methyl sites for hydroxylation is 1. The molecule has 0 unspecified atom stereocenters. The van der Waals surface area contributed by atoms with E-state index in [-0.39, 0.29) is 25.7 Å². The fourth-order valence-electron chi connectivity index (χ4n) is 5.59. The number of carbonyl (C=O) groups is 1. The predicted molar refractivity (Wildman–Crippen MR) is 155 cm³/mol. The molecular weight excluding hydrogens is 549 g/mol. The van der Waals surface area contributed by atoms with E-state index in [1.807, 2.05) is 37.3 Å². The van der Waals surface area contributed by atoms with E-state index in [2.05, 4.69) is 31.6 Å². The van der Waals surface area contributed by atoms with Crippen molar-refractivity contribution in [2.24, 2.45) is 0 Å². The first-order valence-electron chi connectivity index (χ1n) is 13.5. The number of fused-ring (bicyclic) bond motifs is 2. The number of nitrogens with zero attached hydrogens (tertiary/aromatic N) is 6. The molecule has 2 aliphatic rings. The maximum atomic E-state index is 15.0. The lowest BCUT2D eigenvalue weighted by Gasteiger charge is -2.37. The summed E-state index contributed by atoms with van der Waals surface area (Å²) < 4.78 is 26.9. The average molecular weight is 580 g/mol. The van der Waals surface area contributed by atoms with E-state index in [9.17, 15) is 9.18 Å². The highest BCUT2D eigenvalue weighted by Crippen LogP contribution is 2.35. The molecule has 41 heavy (non-hydrogen) atoms. The second-order valence-electron chi connectivity index (χ2n) is 10.2. The SMILES string of the molecule is C=CC(=O)N1CCN(c2ncnc3cc(O[C@H](CN4[C@@H](F)COC[C@@H]4Cl)c4c(C)ccc5[nH]ncc45)ccc23)CC1. The summed E-state index contributed by atoms with van der Waals surface area (Å²) in [5, 5.41) is 9.02. The molecule has 3 atom stereocenters. The fraction of sp³-hybridized carbons (Fsp3) is 0.379. The van der Waals surface area contributed by atoms with E-state index in [1.54, 1.807) is 16.0 Å². The zero-order valence-corrected chi connectivity index (χ0v) is 23.4. The third-order valence-corrected chi connectivity index (χ3v) is 8.12. The molecule has 2 saturated heterocycles. The Kier molecular flexibility index (Phi) is 7.74. The molecule has 4 heterocycles. The lowest BCUT2D eigenvalue weighted by molar-refractivity contribution is -0.126. The minimum atomic E-state index is -1.35. The summed E-state index contributed by atoms with van der Waals surface area (Å²) >= 11 is 6.49. The van der Waals surface area contributed by atoms with Gasteiger partial charge in [-0.05, 0) is 36.8 Å². The minimum absolute atomic E-state index is 0.0451. The first-order valence-corrected chi connectivity index (χ1v) is 14.0. The number of benzene rings is 2. The Bertz CT molecular complexity index is 1560. The standard InChI is InChI=1S/C29H31ClFN7O3/c1-3-27(39)36-8-10-37(11-9-36)29-20-6-5-19(12-23(20)32-17-33-29)41-24(14-38-25(30)15-40-16-26(38)31)28-18(2)4-7-22-21(28)13-34-35-22/h3-7,12-13,17,24-26H,1,8-11,14-16H2,2H3,(H,34,35)/t24-,25-,26-/m1/s1. The van der Waals surface area contributed by atoms with E-state index in [1.165, 1.54) is 12.4 Å². The summed E-state index contributed by atoms with van der Waals surface area (Å²) in [5.74, 6) is 1.33. The third kappa shape index (κ3) is 5.44. The van der Waals surface area contributed by atoms with Gasteiger partial charge < -0.3 is 19.3 Å². The van der Waals surface area contributed by atoms with Gasteiger partial charge in [-0.25, -0.2) is 19.3 Å². The number of alkyl halides is 2. The van der Waals surface area contributed by atoms with Gasteiger partial charge in [0, 0.05) is 55.1 Å². The highest BCUT2D eigenvalue weighted by molar-refractivity contribution is 6.20. The van der Waals surface area contributed by atoms with Crippen LogP contribution in [0.2, 0.25) is 0 Å². The maximum absolute atomic E-state index is 15.0. The van der Waals surface area contributed by atoms with Crippen LogP contribution in [0.5, 0.6) is 5.75 Å². The molecule has 0 spiro atoms. The number of hydrogen-bond donors (Lipinski definition) is 1. The molecule has 2 aromatic heterocycles. The molecule has 1 N–H and O–H groups in total. The van der Waals surface area contributed by atoms with E-state index >= 15 is 0 Å². The van der Waals surface area contributed by atoms with Gasteiger partial charge in [-0.3, -0.25) is 9.89 Å². The van der Waals surface area contributed by atoms with Gasteiger partial charge in [0.2, 0.25) is 5.91 Å². The quantitative estimate of drug-likeness (QED) is 0.200. The Morgan fingerprint density at radius 1 is 1.22 bits per heavy atom. The number of halogens is 2.